The van der Waals surface area contributed by atoms with Crippen molar-refractivity contribution in [3.05, 3.63) is 102 Å². The standard InChI is InChI=1S/C24H19N3O2/c1-16-14-19-6-2-3-7-20(19)27(16)24(29)18-11-9-17(10-12-18)23(28)21-15-25-22-8-4-5-13-26(21)22/h2-13,15-16H,14H2,1H3. The number of benzene rings is 2. The van der Waals surface area contributed by atoms with Crippen LogP contribution in [0.3, 0.4) is 0 Å². The molecule has 1 amide bonds. The number of hydrogen-bond acceptors (Lipinski definition) is 3. The van der Waals surface area contributed by atoms with Crippen molar-refractivity contribution in [3.63, 3.8) is 0 Å². The van der Waals surface area contributed by atoms with Crippen LogP contribution in [0.5, 0.6) is 0 Å². The summed E-state index contributed by atoms with van der Waals surface area (Å²) in [6.07, 6.45) is 4.26. The van der Waals surface area contributed by atoms with Gasteiger partial charge in [0.25, 0.3) is 5.91 Å². The number of imidazole rings is 1. The molecule has 0 spiro atoms. The Labute approximate surface area is 168 Å². The highest BCUT2D eigenvalue weighted by Crippen LogP contribution is 2.33. The Morgan fingerprint density at radius 1 is 0.931 bits per heavy atom. The first-order valence-corrected chi connectivity index (χ1v) is 9.62. The number of hydrogen-bond donors (Lipinski definition) is 0. The van der Waals surface area contributed by atoms with Gasteiger partial charge >= 0.3 is 0 Å². The van der Waals surface area contributed by atoms with Crippen LogP contribution >= 0.6 is 0 Å². The second kappa shape index (κ2) is 6.71. The fourth-order valence-electron chi connectivity index (χ4n) is 4.03. The van der Waals surface area contributed by atoms with Gasteiger partial charge in [0.15, 0.2) is 0 Å². The summed E-state index contributed by atoms with van der Waals surface area (Å²) in [6, 6.07) is 20.6. The number of aromatic nitrogens is 2. The molecule has 5 rings (SSSR count). The largest absolute Gasteiger partial charge is 0.305 e. The number of amides is 1. The van der Waals surface area contributed by atoms with Crippen molar-refractivity contribution in [2.75, 3.05) is 4.90 Å². The zero-order chi connectivity index (χ0) is 20.0. The van der Waals surface area contributed by atoms with Gasteiger partial charge in [-0.15, -0.1) is 0 Å². The monoisotopic (exact) mass is 381 g/mol. The minimum Gasteiger partial charge on any atom is -0.305 e. The van der Waals surface area contributed by atoms with Crippen LogP contribution in [0, 0.1) is 0 Å². The zero-order valence-corrected chi connectivity index (χ0v) is 15.9. The Morgan fingerprint density at radius 2 is 1.66 bits per heavy atom. The van der Waals surface area contributed by atoms with Crippen molar-refractivity contribution in [2.24, 2.45) is 0 Å². The molecule has 0 aliphatic carbocycles. The van der Waals surface area contributed by atoms with Crippen LogP contribution in [0.1, 0.15) is 38.9 Å². The highest BCUT2D eigenvalue weighted by molar-refractivity contribution is 6.10. The number of anilines is 1. The molecule has 0 saturated heterocycles. The molecule has 0 bridgehead atoms. The predicted molar refractivity (Wildman–Crippen MR) is 111 cm³/mol. The van der Waals surface area contributed by atoms with E-state index in [-0.39, 0.29) is 17.7 Å². The third-order valence-corrected chi connectivity index (χ3v) is 5.47. The van der Waals surface area contributed by atoms with Crippen molar-refractivity contribution < 1.29 is 9.59 Å². The summed E-state index contributed by atoms with van der Waals surface area (Å²) in [5, 5.41) is 0. The van der Waals surface area contributed by atoms with Crippen LogP contribution < -0.4 is 4.90 Å². The van der Waals surface area contributed by atoms with E-state index in [1.165, 1.54) is 5.56 Å². The molecule has 1 atom stereocenters. The van der Waals surface area contributed by atoms with E-state index in [1.54, 1.807) is 34.9 Å². The molecule has 5 heteroatoms. The molecule has 0 fully saturated rings. The molecule has 0 radical (unpaired) electrons. The van der Waals surface area contributed by atoms with E-state index in [2.05, 4.69) is 18.0 Å². The van der Waals surface area contributed by atoms with Gasteiger partial charge in [-0.3, -0.25) is 14.0 Å². The number of rotatable bonds is 3. The lowest BCUT2D eigenvalue weighted by Gasteiger charge is -2.22. The minimum absolute atomic E-state index is 0.0451. The first-order valence-electron chi connectivity index (χ1n) is 9.62. The number of fused-ring (bicyclic) bond motifs is 2. The topological polar surface area (TPSA) is 54.7 Å². The van der Waals surface area contributed by atoms with Gasteiger partial charge in [-0.2, -0.15) is 0 Å². The molecule has 1 aliphatic heterocycles. The lowest BCUT2D eigenvalue weighted by Crippen LogP contribution is -2.35. The van der Waals surface area contributed by atoms with Crippen molar-refractivity contribution in [1.29, 1.82) is 0 Å². The highest BCUT2D eigenvalue weighted by atomic mass is 16.2. The molecule has 4 aromatic rings. The fraction of sp³-hybridized carbons (Fsp3) is 0.125. The van der Waals surface area contributed by atoms with Crippen molar-refractivity contribution in [3.8, 4) is 0 Å². The molecule has 3 heterocycles. The van der Waals surface area contributed by atoms with Crippen LogP contribution in [0.25, 0.3) is 5.65 Å². The third kappa shape index (κ3) is 2.83. The quantitative estimate of drug-likeness (QED) is 0.501. The lowest BCUT2D eigenvalue weighted by molar-refractivity contribution is 0.0979. The summed E-state index contributed by atoms with van der Waals surface area (Å²) in [7, 11) is 0. The molecule has 2 aromatic carbocycles. The number of ketones is 1. The van der Waals surface area contributed by atoms with E-state index in [1.807, 2.05) is 47.5 Å². The summed E-state index contributed by atoms with van der Waals surface area (Å²) in [4.78, 5) is 32.2. The van der Waals surface area contributed by atoms with Gasteiger partial charge in [0.2, 0.25) is 5.78 Å². The lowest BCUT2D eigenvalue weighted by atomic mass is 10.1. The second-order valence-corrected chi connectivity index (χ2v) is 7.34. The van der Waals surface area contributed by atoms with Crippen molar-refractivity contribution >= 4 is 23.0 Å². The molecule has 2 aromatic heterocycles. The van der Waals surface area contributed by atoms with E-state index in [0.717, 1.165) is 17.8 Å². The van der Waals surface area contributed by atoms with Crippen LogP contribution in [-0.4, -0.2) is 27.1 Å². The van der Waals surface area contributed by atoms with E-state index >= 15 is 0 Å². The summed E-state index contributed by atoms with van der Waals surface area (Å²) >= 11 is 0. The Bertz CT molecular complexity index is 1240. The van der Waals surface area contributed by atoms with E-state index in [4.69, 9.17) is 0 Å². The van der Waals surface area contributed by atoms with Crippen molar-refractivity contribution in [1.82, 2.24) is 9.38 Å². The van der Waals surface area contributed by atoms with Crippen LogP contribution in [0.2, 0.25) is 0 Å². The first kappa shape index (κ1) is 17.4. The van der Waals surface area contributed by atoms with Gasteiger partial charge in [0.1, 0.15) is 11.3 Å². The second-order valence-electron chi connectivity index (χ2n) is 7.34. The van der Waals surface area contributed by atoms with Gasteiger partial charge in [-0.05, 0) is 49.2 Å². The normalized spacial score (nSPS) is 15.5. The Hall–Kier alpha value is -3.73. The van der Waals surface area contributed by atoms with Gasteiger partial charge in [-0.1, -0.05) is 36.4 Å². The van der Waals surface area contributed by atoms with E-state index in [0.29, 0.717) is 16.8 Å². The maximum Gasteiger partial charge on any atom is 0.258 e. The highest BCUT2D eigenvalue weighted by Gasteiger charge is 2.31. The number of carbonyl (C=O) groups is 2. The third-order valence-electron chi connectivity index (χ3n) is 5.47. The van der Waals surface area contributed by atoms with Crippen LogP contribution in [0.15, 0.2) is 79.1 Å². The minimum atomic E-state index is -0.123. The fourth-order valence-corrected chi connectivity index (χ4v) is 4.03. The van der Waals surface area contributed by atoms with Gasteiger partial charge in [0, 0.05) is 29.1 Å². The molecule has 5 nitrogen and oxygen atoms in total. The average Bonchev–Trinajstić information content (AvgIpc) is 3.33. The molecule has 29 heavy (non-hydrogen) atoms. The molecular weight excluding hydrogens is 362 g/mol. The van der Waals surface area contributed by atoms with Gasteiger partial charge < -0.3 is 4.90 Å². The Balaban J connectivity index is 1.43. The zero-order valence-electron chi connectivity index (χ0n) is 15.9. The molecular formula is C24H19N3O2. The van der Waals surface area contributed by atoms with Crippen molar-refractivity contribution in [2.45, 2.75) is 19.4 Å². The smallest absolute Gasteiger partial charge is 0.258 e. The summed E-state index contributed by atoms with van der Waals surface area (Å²) in [6.45, 7) is 2.06. The van der Waals surface area contributed by atoms with Crippen LogP contribution in [0.4, 0.5) is 5.69 Å². The number of pyridine rings is 1. The molecule has 1 aliphatic rings. The van der Waals surface area contributed by atoms with Gasteiger partial charge in [-0.25, -0.2) is 4.98 Å². The van der Waals surface area contributed by atoms with E-state index in [9.17, 15) is 9.59 Å². The predicted octanol–water partition coefficient (Wildman–Crippen LogP) is 4.16. The SMILES string of the molecule is CC1Cc2ccccc2N1C(=O)c1ccc(C(=O)c2cnc3ccccn23)cc1. The average molecular weight is 381 g/mol. The number of para-hydroxylation sites is 1. The summed E-state index contributed by atoms with van der Waals surface area (Å²) in [5.41, 5.74) is 4.49. The molecule has 1 unspecified atom stereocenters. The summed E-state index contributed by atoms with van der Waals surface area (Å²) < 4.78 is 1.77. The molecule has 0 saturated carbocycles. The maximum atomic E-state index is 13.1. The number of carbonyl (C=O) groups excluding carboxylic acids is 2. The Morgan fingerprint density at radius 3 is 2.48 bits per heavy atom. The summed E-state index contributed by atoms with van der Waals surface area (Å²) in [5.74, 6) is -0.168. The molecule has 142 valence electrons. The van der Waals surface area contributed by atoms with Crippen LogP contribution in [-0.2, 0) is 6.42 Å². The molecule has 0 N–H and O–H groups in total. The number of nitrogens with zero attached hydrogens (tertiary/aromatic N) is 3. The van der Waals surface area contributed by atoms with E-state index < -0.39 is 0 Å². The maximum absolute atomic E-state index is 13.1. The first-order chi connectivity index (χ1) is 14.1. The Kier molecular flexibility index (Phi) is 4.02. The van der Waals surface area contributed by atoms with Gasteiger partial charge in [0.05, 0.1) is 6.20 Å².